The number of benzene rings is 3. The standard InChI is InChI=1S/C39H43N3O10S/c1-17-10-20-11-23-38(47)42(48)24-7-6-21(43)14-39(22-13-26(49-4)25(44)12-19(22)8-9-40-39)15-53-37(29-28(24)36-35(51-16-52-36)18(2)32(29)45)31(42)30(41(23)3)27(20)33(46)34(17)50-5/h10,12-13,23-24,30-31,37,40,48H,6-9,11,14-16H2,1-5H3,(H2-,44,45,46)/p+1. The maximum Gasteiger partial charge on any atom is 0.364 e. The minimum Gasteiger partial charge on any atom is -0.507 e. The zero-order valence-corrected chi connectivity index (χ0v) is 31.1. The lowest BCUT2D eigenvalue weighted by Gasteiger charge is -2.59. The number of ketones is 1. The van der Waals surface area contributed by atoms with Crippen LogP contribution in [0.1, 0.15) is 81.1 Å². The SMILES string of the molecule is COc1cc2c(cc1O)CCNC21CSC2c3c(O)c(C)c4c(c3C(CCC(=O)C1)[N+]1(O)C(=O)C3Cc5cc(C)c(OC)c(O)c5C(C21)N3C)OCO4. The number of rotatable bonds is 2. The number of thioether (sulfide) groups is 1. The van der Waals surface area contributed by atoms with Gasteiger partial charge in [0.25, 0.3) is 0 Å². The van der Waals surface area contributed by atoms with Gasteiger partial charge in [-0.2, -0.15) is 0 Å². The number of fused-ring (bicyclic) bond motifs is 11. The second-order valence-electron chi connectivity index (χ2n) is 15.4. The van der Waals surface area contributed by atoms with E-state index in [9.17, 15) is 25.3 Å². The van der Waals surface area contributed by atoms with Crippen molar-refractivity contribution in [3.63, 3.8) is 0 Å². The molecule has 9 rings (SSSR count). The highest BCUT2D eigenvalue weighted by molar-refractivity contribution is 7.99. The Labute approximate surface area is 310 Å². The molecular weight excluding hydrogens is 703 g/mol. The molecule has 7 unspecified atom stereocenters. The number of quaternary nitrogens is 1. The minimum atomic E-state index is -1.02. The molecule has 1 amide bonds. The van der Waals surface area contributed by atoms with E-state index in [0.29, 0.717) is 64.0 Å². The number of aryl methyl sites for hydroxylation is 1. The van der Waals surface area contributed by atoms with Crippen LogP contribution in [-0.2, 0) is 28.0 Å². The molecule has 0 aliphatic carbocycles. The molecule has 0 radical (unpaired) electrons. The number of amides is 1. The summed E-state index contributed by atoms with van der Waals surface area (Å²) in [5.41, 5.74) is 4.43. The number of ether oxygens (including phenoxy) is 4. The molecular formula is C39H44N3O10S+. The molecule has 1 saturated heterocycles. The van der Waals surface area contributed by atoms with Crippen molar-refractivity contribution in [2.75, 3.05) is 40.4 Å². The molecule has 1 spiro atoms. The topological polar surface area (TPSA) is 167 Å². The highest BCUT2D eigenvalue weighted by atomic mass is 32.2. The van der Waals surface area contributed by atoms with Crippen LogP contribution in [0.2, 0.25) is 0 Å². The summed E-state index contributed by atoms with van der Waals surface area (Å²) in [7, 11) is 4.85. The molecule has 5 N–H and O–H groups in total. The van der Waals surface area contributed by atoms with Crippen molar-refractivity contribution in [2.45, 2.75) is 80.9 Å². The molecule has 0 saturated carbocycles. The van der Waals surface area contributed by atoms with Gasteiger partial charge in [0.1, 0.15) is 17.6 Å². The number of piperazine rings is 1. The predicted octanol–water partition coefficient (Wildman–Crippen LogP) is 4.50. The number of hydroxylamine groups is 3. The highest BCUT2D eigenvalue weighted by Gasteiger charge is 2.71. The number of aromatic hydroxyl groups is 3. The normalized spacial score (nSPS) is 31.3. The van der Waals surface area contributed by atoms with Crippen LogP contribution in [0.15, 0.2) is 18.2 Å². The maximum absolute atomic E-state index is 15.2. The van der Waals surface area contributed by atoms with Crippen LogP contribution >= 0.6 is 11.8 Å². The molecule has 4 bridgehead atoms. The van der Waals surface area contributed by atoms with Gasteiger partial charge in [-0.15, -0.1) is 16.4 Å². The first-order chi connectivity index (χ1) is 25.4. The summed E-state index contributed by atoms with van der Waals surface area (Å²) >= 11 is 1.45. The van der Waals surface area contributed by atoms with E-state index >= 15 is 4.79 Å². The number of methoxy groups -OCH3 is 2. The Morgan fingerprint density at radius 1 is 0.981 bits per heavy atom. The van der Waals surface area contributed by atoms with Crippen LogP contribution in [0.25, 0.3) is 0 Å². The summed E-state index contributed by atoms with van der Waals surface area (Å²) < 4.78 is 22.2. The fraction of sp³-hybridized carbons (Fsp3) is 0.487. The van der Waals surface area contributed by atoms with Gasteiger partial charge in [-0.1, -0.05) is 6.07 Å². The van der Waals surface area contributed by atoms with Gasteiger partial charge in [0, 0.05) is 54.7 Å². The van der Waals surface area contributed by atoms with Crippen LogP contribution in [0.3, 0.4) is 0 Å². The monoisotopic (exact) mass is 746 g/mol. The highest BCUT2D eigenvalue weighted by Crippen LogP contribution is 2.66. The Kier molecular flexibility index (Phi) is 7.75. The zero-order valence-electron chi connectivity index (χ0n) is 30.3. The summed E-state index contributed by atoms with van der Waals surface area (Å²) in [5.74, 6) is 1.13. The lowest BCUT2D eigenvalue weighted by atomic mass is 9.72. The van der Waals surface area contributed by atoms with Crippen molar-refractivity contribution in [1.29, 1.82) is 0 Å². The number of nitrogens with zero attached hydrogens (tertiary/aromatic N) is 2. The van der Waals surface area contributed by atoms with Gasteiger partial charge in [-0.05, 0) is 61.7 Å². The van der Waals surface area contributed by atoms with Crippen molar-refractivity contribution in [1.82, 2.24) is 10.2 Å². The molecule has 6 aliphatic heterocycles. The average Bonchev–Trinajstić information content (AvgIpc) is 3.61. The largest absolute Gasteiger partial charge is 0.507 e. The summed E-state index contributed by atoms with van der Waals surface area (Å²) in [6.45, 7) is 4.08. The van der Waals surface area contributed by atoms with E-state index in [-0.39, 0.29) is 55.5 Å². The number of phenolic OH excluding ortho intramolecular Hbond substituents is 3. The number of hydrogen-bond donors (Lipinski definition) is 5. The lowest BCUT2D eigenvalue weighted by Crippen LogP contribution is -2.75. The predicted molar refractivity (Wildman–Crippen MR) is 192 cm³/mol. The van der Waals surface area contributed by atoms with Crippen molar-refractivity contribution < 1.29 is 53.7 Å². The zero-order chi connectivity index (χ0) is 37.3. The summed E-state index contributed by atoms with van der Waals surface area (Å²) in [4.78, 5) is 31.4. The first kappa shape index (κ1) is 34.6. The van der Waals surface area contributed by atoms with Crippen LogP contribution in [0.5, 0.6) is 40.2 Å². The first-order valence-electron chi connectivity index (χ1n) is 18.1. The molecule has 3 aromatic rings. The van der Waals surface area contributed by atoms with E-state index in [1.165, 1.54) is 26.0 Å². The summed E-state index contributed by atoms with van der Waals surface area (Å²) in [6, 6.07) is 2.09. The van der Waals surface area contributed by atoms with Gasteiger partial charge in [0.05, 0.1) is 36.6 Å². The van der Waals surface area contributed by atoms with E-state index in [1.54, 1.807) is 19.1 Å². The van der Waals surface area contributed by atoms with Crippen molar-refractivity contribution in [2.24, 2.45) is 0 Å². The van der Waals surface area contributed by atoms with E-state index in [1.807, 2.05) is 24.9 Å². The summed E-state index contributed by atoms with van der Waals surface area (Å²) in [6.07, 6.45) is 1.12. The van der Waals surface area contributed by atoms with Crippen LogP contribution in [0.4, 0.5) is 0 Å². The van der Waals surface area contributed by atoms with E-state index in [4.69, 9.17) is 18.9 Å². The average molecular weight is 747 g/mol. The number of likely N-dealkylation sites (N-methyl/N-ethyl adjacent to an activating group) is 1. The minimum absolute atomic E-state index is 0.0137. The molecule has 0 aromatic heterocycles. The Balaban J connectivity index is 1.33. The third kappa shape index (κ3) is 4.53. The number of phenols is 3. The molecule has 53 heavy (non-hydrogen) atoms. The van der Waals surface area contributed by atoms with Crippen LogP contribution in [-0.4, -0.2) is 94.2 Å². The molecule has 280 valence electrons. The molecule has 6 heterocycles. The number of carbonyl (C=O) groups is 2. The Hall–Kier alpha value is -4.21. The second-order valence-corrected chi connectivity index (χ2v) is 16.5. The molecule has 13 nitrogen and oxygen atoms in total. The van der Waals surface area contributed by atoms with Crippen LogP contribution < -0.4 is 24.3 Å². The van der Waals surface area contributed by atoms with Gasteiger partial charge < -0.3 is 39.6 Å². The number of Topliss-reactive ketones (excluding diaryl/α,β-unsaturated/α-hetero) is 1. The first-order valence-corrected chi connectivity index (χ1v) is 19.1. The van der Waals surface area contributed by atoms with Gasteiger partial charge in [0.15, 0.2) is 46.6 Å². The van der Waals surface area contributed by atoms with E-state index < -0.39 is 45.5 Å². The quantitative estimate of drug-likeness (QED) is 0.184. The Morgan fingerprint density at radius 2 is 1.75 bits per heavy atom. The number of carbonyl (C=O) groups excluding carboxylic acids is 2. The van der Waals surface area contributed by atoms with Gasteiger partial charge in [-0.25, -0.2) is 10.0 Å². The second kappa shape index (κ2) is 11.9. The fourth-order valence-corrected chi connectivity index (χ4v) is 12.2. The Bertz CT molecular complexity index is 2130. The van der Waals surface area contributed by atoms with Crippen molar-refractivity contribution >= 4 is 23.5 Å². The maximum atomic E-state index is 15.2. The molecule has 7 atom stereocenters. The lowest BCUT2D eigenvalue weighted by molar-refractivity contribution is -1.09. The van der Waals surface area contributed by atoms with Crippen LogP contribution in [0, 0.1) is 13.8 Å². The van der Waals surface area contributed by atoms with E-state index in [0.717, 1.165) is 22.3 Å². The third-order valence-electron chi connectivity index (χ3n) is 12.8. The molecule has 3 aromatic carbocycles. The van der Waals surface area contributed by atoms with Crippen molar-refractivity contribution in [3.8, 4) is 40.2 Å². The smallest absolute Gasteiger partial charge is 0.364 e. The van der Waals surface area contributed by atoms with Gasteiger partial charge in [-0.3, -0.25) is 9.69 Å². The molecule has 14 heteroatoms. The number of nitrogens with one attached hydrogen (secondary N) is 1. The van der Waals surface area contributed by atoms with Gasteiger partial charge in [0.2, 0.25) is 6.79 Å². The molecule has 6 aliphatic rings. The number of hydrogen-bond acceptors (Lipinski definition) is 13. The molecule has 1 fully saturated rings. The van der Waals surface area contributed by atoms with Crippen molar-refractivity contribution in [3.05, 3.63) is 62.7 Å². The summed E-state index contributed by atoms with van der Waals surface area (Å²) in [5, 5.41) is 51.3. The third-order valence-corrected chi connectivity index (χ3v) is 14.3. The Morgan fingerprint density at radius 3 is 2.51 bits per heavy atom. The van der Waals surface area contributed by atoms with Gasteiger partial charge >= 0.3 is 5.91 Å². The van der Waals surface area contributed by atoms with E-state index in [2.05, 4.69) is 5.32 Å². The fourth-order valence-electron chi connectivity index (χ4n) is 10.5.